The van der Waals surface area contributed by atoms with Crippen LogP contribution in [0.4, 0.5) is 10.1 Å². The van der Waals surface area contributed by atoms with Crippen LogP contribution in [-0.2, 0) is 11.3 Å². The van der Waals surface area contributed by atoms with Gasteiger partial charge in [-0.2, -0.15) is 0 Å². The Labute approximate surface area is 234 Å². The average Bonchev–Trinajstić information content (AvgIpc) is 2.95. The van der Waals surface area contributed by atoms with E-state index in [9.17, 15) is 14.0 Å². The van der Waals surface area contributed by atoms with E-state index in [-0.39, 0.29) is 17.5 Å². The molecule has 0 saturated carbocycles. The van der Waals surface area contributed by atoms with E-state index < -0.39 is 0 Å². The first-order valence-electron chi connectivity index (χ1n) is 13.9. The Morgan fingerprint density at radius 3 is 2.62 bits per heavy atom. The fourth-order valence-electron chi connectivity index (χ4n) is 5.37. The molecule has 1 atom stereocenters. The Hall–Kier alpha value is -3.22. The summed E-state index contributed by atoms with van der Waals surface area (Å²) in [6, 6.07) is 21.7. The van der Waals surface area contributed by atoms with Crippen molar-refractivity contribution in [1.29, 1.82) is 0 Å². The minimum absolute atomic E-state index is 0.106. The Kier molecular flexibility index (Phi) is 8.95. The second-order valence-corrected chi connectivity index (χ2v) is 11.7. The molecular formula is C33H35FN2O2S. The average molecular weight is 543 g/mol. The summed E-state index contributed by atoms with van der Waals surface area (Å²) >= 11 is 1.43. The van der Waals surface area contributed by atoms with E-state index in [0.29, 0.717) is 23.4 Å². The highest BCUT2D eigenvalue weighted by Gasteiger charge is 2.30. The maximum absolute atomic E-state index is 13.7. The highest BCUT2D eigenvalue weighted by Crippen LogP contribution is 2.43. The van der Waals surface area contributed by atoms with E-state index in [1.807, 2.05) is 54.6 Å². The Balaban J connectivity index is 1.33. The van der Waals surface area contributed by atoms with Crippen LogP contribution >= 0.6 is 11.8 Å². The number of benzene rings is 3. The van der Waals surface area contributed by atoms with Gasteiger partial charge in [0.15, 0.2) is 5.78 Å². The molecule has 0 aromatic heterocycles. The number of fused-ring (bicyclic) bond motifs is 1. The molecule has 3 aromatic rings. The largest absolute Gasteiger partial charge is 0.303 e. The SMILES string of the molecule is CC1CCCN(CCCCC(=O)c2ccc3c(c2)N(Cc2ccc(F)cc2)C(=O)/C(=C/c2ccccc2)S3)C1. The molecule has 202 valence electrons. The molecule has 0 spiro atoms. The van der Waals surface area contributed by atoms with Crippen LogP contribution in [0.25, 0.3) is 6.08 Å². The molecule has 2 heterocycles. The summed E-state index contributed by atoms with van der Waals surface area (Å²) in [5, 5.41) is 0. The van der Waals surface area contributed by atoms with Crippen molar-refractivity contribution in [3.63, 3.8) is 0 Å². The maximum Gasteiger partial charge on any atom is 0.265 e. The van der Waals surface area contributed by atoms with Gasteiger partial charge in [0, 0.05) is 23.4 Å². The highest BCUT2D eigenvalue weighted by molar-refractivity contribution is 8.04. The van der Waals surface area contributed by atoms with Crippen LogP contribution in [0.2, 0.25) is 0 Å². The Morgan fingerprint density at radius 2 is 1.85 bits per heavy atom. The lowest BCUT2D eigenvalue weighted by atomic mass is 9.99. The molecule has 2 aliphatic heterocycles. The first-order chi connectivity index (χ1) is 19.0. The third-order valence-electron chi connectivity index (χ3n) is 7.47. The number of hydrogen-bond acceptors (Lipinski definition) is 4. The van der Waals surface area contributed by atoms with E-state index in [1.54, 1.807) is 17.0 Å². The van der Waals surface area contributed by atoms with Gasteiger partial charge in [0.05, 0.1) is 17.1 Å². The number of carbonyl (C=O) groups is 2. The molecule has 5 rings (SSSR count). The molecule has 2 aliphatic rings. The maximum atomic E-state index is 13.7. The van der Waals surface area contributed by atoms with E-state index >= 15 is 0 Å². The topological polar surface area (TPSA) is 40.6 Å². The van der Waals surface area contributed by atoms with Gasteiger partial charge in [-0.05, 0) is 86.2 Å². The third-order valence-corrected chi connectivity index (χ3v) is 8.55. The van der Waals surface area contributed by atoms with Crippen molar-refractivity contribution in [3.05, 3.63) is 100 Å². The van der Waals surface area contributed by atoms with Crippen molar-refractivity contribution in [2.24, 2.45) is 5.92 Å². The van der Waals surface area contributed by atoms with Gasteiger partial charge in [-0.1, -0.05) is 67.2 Å². The number of likely N-dealkylation sites (tertiary alicyclic amines) is 1. The molecule has 1 amide bonds. The number of ketones is 1. The lowest BCUT2D eigenvalue weighted by molar-refractivity contribution is -0.114. The van der Waals surface area contributed by atoms with Gasteiger partial charge in [-0.25, -0.2) is 4.39 Å². The van der Waals surface area contributed by atoms with Gasteiger partial charge in [0.25, 0.3) is 5.91 Å². The molecule has 6 heteroatoms. The quantitative estimate of drug-likeness (QED) is 0.159. The zero-order valence-corrected chi connectivity index (χ0v) is 23.3. The van der Waals surface area contributed by atoms with Gasteiger partial charge in [-0.3, -0.25) is 9.59 Å². The number of unbranched alkanes of at least 4 members (excludes halogenated alkanes) is 1. The molecule has 1 unspecified atom stereocenters. The van der Waals surface area contributed by atoms with Crippen LogP contribution in [0.1, 0.15) is 60.5 Å². The van der Waals surface area contributed by atoms with Crippen LogP contribution in [0.3, 0.4) is 0 Å². The summed E-state index contributed by atoms with van der Waals surface area (Å²) in [5.74, 6) is 0.431. The summed E-state index contributed by atoms with van der Waals surface area (Å²) in [5.41, 5.74) is 3.13. The first kappa shape index (κ1) is 27.4. The monoisotopic (exact) mass is 542 g/mol. The number of thioether (sulfide) groups is 1. The Morgan fingerprint density at radius 1 is 1.05 bits per heavy atom. The third kappa shape index (κ3) is 7.06. The van der Waals surface area contributed by atoms with Gasteiger partial charge >= 0.3 is 0 Å². The number of nitrogens with zero attached hydrogens (tertiary/aromatic N) is 2. The molecule has 0 N–H and O–H groups in total. The minimum Gasteiger partial charge on any atom is -0.303 e. The predicted octanol–water partition coefficient (Wildman–Crippen LogP) is 7.59. The first-order valence-corrected chi connectivity index (χ1v) is 14.7. The molecule has 0 aliphatic carbocycles. The van der Waals surface area contributed by atoms with Crippen LogP contribution in [0.5, 0.6) is 0 Å². The zero-order valence-electron chi connectivity index (χ0n) is 22.4. The molecule has 0 radical (unpaired) electrons. The minimum atomic E-state index is -0.313. The van der Waals surface area contributed by atoms with Crippen LogP contribution in [0, 0.1) is 11.7 Å². The normalized spacial score (nSPS) is 18.8. The second kappa shape index (κ2) is 12.8. The summed E-state index contributed by atoms with van der Waals surface area (Å²) in [6.07, 6.45) is 6.86. The highest BCUT2D eigenvalue weighted by atomic mass is 32.2. The number of carbonyl (C=O) groups excluding carboxylic acids is 2. The number of halogens is 1. The van der Waals surface area contributed by atoms with Crippen LogP contribution < -0.4 is 4.90 Å². The fraction of sp³-hybridized carbons (Fsp3) is 0.333. The van der Waals surface area contributed by atoms with Gasteiger partial charge in [-0.15, -0.1) is 0 Å². The lowest BCUT2D eigenvalue weighted by Crippen LogP contribution is -2.35. The predicted molar refractivity (Wildman–Crippen MR) is 157 cm³/mol. The van der Waals surface area contributed by atoms with Gasteiger partial charge < -0.3 is 9.80 Å². The lowest BCUT2D eigenvalue weighted by Gasteiger charge is -2.31. The Bertz CT molecular complexity index is 1340. The molecule has 3 aromatic carbocycles. The molecular weight excluding hydrogens is 507 g/mol. The van der Waals surface area contributed by atoms with Crippen molar-refractivity contribution in [2.75, 3.05) is 24.5 Å². The fourth-order valence-corrected chi connectivity index (χ4v) is 6.41. The number of anilines is 1. The van der Waals surface area contributed by atoms with Crippen LogP contribution in [0.15, 0.2) is 82.6 Å². The molecule has 1 saturated heterocycles. The van der Waals surface area contributed by atoms with Gasteiger partial charge in [0.1, 0.15) is 5.82 Å². The molecule has 39 heavy (non-hydrogen) atoms. The van der Waals surface area contributed by atoms with Crippen molar-refractivity contribution >= 4 is 35.2 Å². The summed E-state index contributed by atoms with van der Waals surface area (Å²) < 4.78 is 13.5. The summed E-state index contributed by atoms with van der Waals surface area (Å²) in [6.45, 7) is 5.99. The summed E-state index contributed by atoms with van der Waals surface area (Å²) in [7, 11) is 0. The second-order valence-electron chi connectivity index (χ2n) is 10.6. The van der Waals surface area contributed by atoms with E-state index in [1.165, 1.54) is 43.3 Å². The van der Waals surface area contributed by atoms with Crippen molar-refractivity contribution in [2.45, 2.75) is 50.5 Å². The van der Waals surface area contributed by atoms with E-state index in [0.717, 1.165) is 53.6 Å². The van der Waals surface area contributed by atoms with Crippen molar-refractivity contribution in [3.8, 4) is 0 Å². The van der Waals surface area contributed by atoms with Crippen molar-refractivity contribution < 1.29 is 14.0 Å². The van der Waals surface area contributed by atoms with E-state index in [2.05, 4.69) is 11.8 Å². The van der Waals surface area contributed by atoms with Crippen molar-refractivity contribution in [1.82, 2.24) is 4.90 Å². The van der Waals surface area contributed by atoms with Crippen LogP contribution in [-0.4, -0.2) is 36.2 Å². The molecule has 1 fully saturated rings. The van der Waals surface area contributed by atoms with Gasteiger partial charge in [0.2, 0.25) is 0 Å². The molecule has 0 bridgehead atoms. The number of Topliss-reactive ketones (excluding diaryl/α,β-unsaturated/α-hetero) is 1. The standard InChI is InChI=1S/C33H35FN2O2S/c1-24-8-7-19-35(22-24)18-6-5-11-30(37)27-14-17-31-29(21-27)36(23-26-12-15-28(34)16-13-26)33(38)32(39-31)20-25-9-3-2-4-10-25/h2-4,9-10,12-17,20-21,24H,5-8,11,18-19,22-23H2,1H3/b32-20-. The number of rotatable bonds is 9. The van der Waals surface area contributed by atoms with E-state index in [4.69, 9.17) is 0 Å². The number of piperidine rings is 1. The summed E-state index contributed by atoms with van der Waals surface area (Å²) in [4.78, 5) is 32.6. The smallest absolute Gasteiger partial charge is 0.265 e. The number of amides is 1. The molecule has 4 nitrogen and oxygen atoms in total. The number of hydrogen-bond donors (Lipinski definition) is 0. The zero-order chi connectivity index (χ0) is 27.2.